The third-order valence-corrected chi connectivity index (χ3v) is 6.88. The molecule has 0 aromatic rings. The van der Waals surface area contributed by atoms with Crippen LogP contribution in [-0.2, 0) is 14.3 Å². The molecule has 37 heavy (non-hydrogen) atoms. The predicted molar refractivity (Wildman–Crippen MR) is 158 cm³/mol. The summed E-state index contributed by atoms with van der Waals surface area (Å²) in [7, 11) is 0. The lowest BCUT2D eigenvalue weighted by Crippen LogP contribution is -2.16. The van der Waals surface area contributed by atoms with Gasteiger partial charge in [-0.25, -0.2) is 0 Å². The molecule has 0 rings (SSSR count). The number of unbranched alkanes of at least 4 members (excludes halogenated alkanes) is 17. The Morgan fingerprint density at radius 3 is 1.65 bits per heavy atom. The number of esters is 1. The molecule has 0 radical (unpaired) electrons. The standard InChI is InChI=1S/C33H60O4/c1-3-5-7-9-11-12-13-14-15-16-18-20-26-30-33(36)37-31(27-23-19-17-10-8-6-4-2)28-24-21-22-25-29-32(34)35/h12-13,23,27,31H,3-11,14-22,24-26,28-30H2,1-2H3,(H,34,35)/b13-12-,27-23-. The highest BCUT2D eigenvalue weighted by Crippen LogP contribution is 2.15. The molecular formula is C33H60O4. The Kier molecular flexibility index (Phi) is 27.7. The SMILES string of the molecule is CCCCCC/C=C\CCCCCCCC(=O)OC(/C=C\CCCCCCC)CCCCCCC(=O)O. The first kappa shape index (κ1) is 35.4. The van der Waals surface area contributed by atoms with E-state index in [4.69, 9.17) is 9.84 Å². The van der Waals surface area contributed by atoms with E-state index in [1.165, 1.54) is 89.9 Å². The maximum atomic E-state index is 12.4. The number of aliphatic carboxylic acids is 1. The summed E-state index contributed by atoms with van der Waals surface area (Å²) in [6.07, 6.45) is 34.8. The van der Waals surface area contributed by atoms with E-state index < -0.39 is 5.97 Å². The maximum Gasteiger partial charge on any atom is 0.306 e. The molecule has 0 fully saturated rings. The Labute approximate surface area is 229 Å². The third-order valence-electron chi connectivity index (χ3n) is 6.88. The third kappa shape index (κ3) is 28.8. The van der Waals surface area contributed by atoms with Crippen LogP contribution in [0.5, 0.6) is 0 Å². The average Bonchev–Trinajstić information content (AvgIpc) is 2.87. The van der Waals surface area contributed by atoms with E-state index in [1.54, 1.807) is 0 Å². The fraction of sp³-hybridized carbons (Fsp3) is 0.818. The number of hydrogen-bond acceptors (Lipinski definition) is 3. The van der Waals surface area contributed by atoms with Gasteiger partial charge in [-0.3, -0.25) is 9.59 Å². The smallest absolute Gasteiger partial charge is 0.306 e. The van der Waals surface area contributed by atoms with E-state index in [2.05, 4.69) is 38.2 Å². The Balaban J connectivity index is 4.05. The second kappa shape index (κ2) is 29.0. The largest absolute Gasteiger partial charge is 0.481 e. The van der Waals surface area contributed by atoms with Gasteiger partial charge in [-0.15, -0.1) is 0 Å². The summed E-state index contributed by atoms with van der Waals surface area (Å²) >= 11 is 0. The minimum Gasteiger partial charge on any atom is -0.481 e. The number of carbonyl (C=O) groups is 2. The molecule has 4 heteroatoms. The minimum atomic E-state index is -0.723. The summed E-state index contributed by atoms with van der Waals surface area (Å²) in [4.78, 5) is 23.1. The molecule has 0 aliphatic carbocycles. The van der Waals surface area contributed by atoms with Gasteiger partial charge in [-0.2, -0.15) is 0 Å². The highest BCUT2D eigenvalue weighted by molar-refractivity contribution is 5.69. The van der Waals surface area contributed by atoms with Crippen LogP contribution in [0.3, 0.4) is 0 Å². The molecule has 0 aliphatic rings. The molecule has 4 nitrogen and oxygen atoms in total. The number of allylic oxidation sites excluding steroid dienone is 3. The predicted octanol–water partition coefficient (Wildman–Crippen LogP) is 10.5. The highest BCUT2D eigenvalue weighted by atomic mass is 16.5. The minimum absolute atomic E-state index is 0.0746. The lowest BCUT2D eigenvalue weighted by Gasteiger charge is -2.15. The summed E-state index contributed by atoms with van der Waals surface area (Å²) in [5.41, 5.74) is 0. The quantitative estimate of drug-likeness (QED) is 0.0633. The maximum absolute atomic E-state index is 12.4. The van der Waals surface area contributed by atoms with Crippen LogP contribution < -0.4 is 0 Å². The summed E-state index contributed by atoms with van der Waals surface area (Å²) in [6, 6.07) is 0. The molecule has 0 aromatic carbocycles. The van der Waals surface area contributed by atoms with Crippen molar-refractivity contribution in [1.82, 2.24) is 0 Å². The summed E-state index contributed by atoms with van der Waals surface area (Å²) < 4.78 is 5.82. The van der Waals surface area contributed by atoms with Crippen LogP contribution in [0.2, 0.25) is 0 Å². The van der Waals surface area contributed by atoms with Crippen molar-refractivity contribution < 1.29 is 19.4 Å². The van der Waals surface area contributed by atoms with E-state index in [9.17, 15) is 9.59 Å². The number of ether oxygens (including phenoxy) is 1. The van der Waals surface area contributed by atoms with Crippen LogP contribution in [0.15, 0.2) is 24.3 Å². The second-order valence-electron chi connectivity index (χ2n) is 10.6. The molecular weight excluding hydrogens is 460 g/mol. The summed E-state index contributed by atoms with van der Waals surface area (Å²) in [5.74, 6) is -0.798. The van der Waals surface area contributed by atoms with E-state index in [1.807, 2.05) is 0 Å². The number of carbonyl (C=O) groups excluding carboxylic acids is 1. The topological polar surface area (TPSA) is 63.6 Å². The van der Waals surface area contributed by atoms with E-state index in [0.717, 1.165) is 51.4 Å². The van der Waals surface area contributed by atoms with Crippen molar-refractivity contribution in [2.24, 2.45) is 0 Å². The van der Waals surface area contributed by atoms with Gasteiger partial charge in [0.05, 0.1) is 0 Å². The van der Waals surface area contributed by atoms with Gasteiger partial charge < -0.3 is 9.84 Å². The van der Waals surface area contributed by atoms with Crippen molar-refractivity contribution in [2.45, 2.75) is 174 Å². The number of hydrogen-bond donors (Lipinski definition) is 1. The van der Waals surface area contributed by atoms with Crippen LogP contribution in [0.4, 0.5) is 0 Å². The van der Waals surface area contributed by atoms with E-state index in [0.29, 0.717) is 6.42 Å². The molecule has 0 aromatic heterocycles. The zero-order chi connectivity index (χ0) is 27.2. The van der Waals surface area contributed by atoms with Gasteiger partial charge in [0.25, 0.3) is 0 Å². The molecule has 0 saturated carbocycles. The van der Waals surface area contributed by atoms with Crippen molar-refractivity contribution in [3.05, 3.63) is 24.3 Å². The molecule has 0 saturated heterocycles. The molecule has 216 valence electrons. The zero-order valence-corrected chi connectivity index (χ0v) is 24.5. The van der Waals surface area contributed by atoms with Gasteiger partial charge in [-0.05, 0) is 70.3 Å². The van der Waals surface area contributed by atoms with Crippen LogP contribution >= 0.6 is 0 Å². The van der Waals surface area contributed by atoms with Crippen LogP contribution in [0, 0.1) is 0 Å². The molecule has 0 bridgehead atoms. The van der Waals surface area contributed by atoms with Crippen molar-refractivity contribution >= 4 is 11.9 Å². The second-order valence-corrected chi connectivity index (χ2v) is 10.6. The molecule has 0 heterocycles. The van der Waals surface area contributed by atoms with E-state index >= 15 is 0 Å². The van der Waals surface area contributed by atoms with Gasteiger partial charge in [0.15, 0.2) is 0 Å². The fourth-order valence-electron chi connectivity index (χ4n) is 4.50. The average molecular weight is 521 g/mol. The number of carboxylic acids is 1. The first-order valence-electron chi connectivity index (χ1n) is 15.8. The van der Waals surface area contributed by atoms with Crippen molar-refractivity contribution in [1.29, 1.82) is 0 Å². The monoisotopic (exact) mass is 520 g/mol. The van der Waals surface area contributed by atoms with Gasteiger partial charge in [0.1, 0.15) is 6.10 Å². The molecule has 0 spiro atoms. The highest BCUT2D eigenvalue weighted by Gasteiger charge is 2.11. The van der Waals surface area contributed by atoms with Crippen LogP contribution in [-0.4, -0.2) is 23.1 Å². The molecule has 1 unspecified atom stereocenters. The number of carboxylic acid groups (broad SMARTS) is 1. The number of rotatable bonds is 28. The molecule has 1 N–H and O–H groups in total. The first-order valence-corrected chi connectivity index (χ1v) is 15.8. The van der Waals surface area contributed by atoms with Crippen molar-refractivity contribution in [2.75, 3.05) is 0 Å². The Morgan fingerprint density at radius 2 is 1.05 bits per heavy atom. The summed E-state index contributed by atoms with van der Waals surface area (Å²) in [5, 5.41) is 8.77. The van der Waals surface area contributed by atoms with Gasteiger partial charge >= 0.3 is 11.9 Å². The van der Waals surface area contributed by atoms with Gasteiger partial charge in [-0.1, -0.05) is 109 Å². The lowest BCUT2D eigenvalue weighted by molar-refractivity contribution is -0.147. The molecule has 0 aliphatic heterocycles. The Morgan fingerprint density at radius 1 is 0.595 bits per heavy atom. The van der Waals surface area contributed by atoms with Gasteiger partial charge in [0, 0.05) is 12.8 Å². The van der Waals surface area contributed by atoms with Crippen molar-refractivity contribution in [3.63, 3.8) is 0 Å². The van der Waals surface area contributed by atoms with Crippen LogP contribution in [0.1, 0.15) is 168 Å². The summed E-state index contributed by atoms with van der Waals surface area (Å²) in [6.45, 7) is 4.48. The normalized spacial score (nSPS) is 12.5. The molecule has 1 atom stereocenters. The molecule has 0 amide bonds. The fourth-order valence-corrected chi connectivity index (χ4v) is 4.50. The zero-order valence-electron chi connectivity index (χ0n) is 24.5. The Hall–Kier alpha value is -1.58. The first-order chi connectivity index (χ1) is 18.1. The lowest BCUT2D eigenvalue weighted by atomic mass is 10.1. The van der Waals surface area contributed by atoms with Gasteiger partial charge in [0.2, 0.25) is 0 Å². The Bertz CT molecular complexity index is 567. The van der Waals surface area contributed by atoms with Crippen molar-refractivity contribution in [3.8, 4) is 0 Å². The van der Waals surface area contributed by atoms with Crippen LogP contribution in [0.25, 0.3) is 0 Å². The van der Waals surface area contributed by atoms with E-state index in [-0.39, 0.29) is 18.5 Å².